The van der Waals surface area contributed by atoms with Gasteiger partial charge in [-0.3, -0.25) is 9.78 Å². The fourth-order valence-corrected chi connectivity index (χ4v) is 5.62. The summed E-state index contributed by atoms with van der Waals surface area (Å²) in [6, 6.07) is 9.66. The number of pyridine rings is 1. The van der Waals surface area contributed by atoms with E-state index in [1.165, 1.54) is 6.20 Å². The molecule has 3 fully saturated rings. The van der Waals surface area contributed by atoms with Crippen LogP contribution in [-0.2, 0) is 4.79 Å². The maximum atomic E-state index is 13.2. The van der Waals surface area contributed by atoms with E-state index in [1.807, 2.05) is 32.0 Å². The van der Waals surface area contributed by atoms with Gasteiger partial charge in [0.15, 0.2) is 0 Å². The molecule has 3 aliphatic carbocycles. The van der Waals surface area contributed by atoms with E-state index < -0.39 is 0 Å². The van der Waals surface area contributed by atoms with Crippen molar-refractivity contribution in [3.8, 4) is 17.5 Å². The highest BCUT2D eigenvalue weighted by Crippen LogP contribution is 2.69. The van der Waals surface area contributed by atoms with Crippen LogP contribution in [0.5, 0.6) is 0 Å². The molecule has 33 heavy (non-hydrogen) atoms. The van der Waals surface area contributed by atoms with Gasteiger partial charge in [-0.2, -0.15) is 10.4 Å². The monoisotopic (exact) mass is 442 g/mol. The van der Waals surface area contributed by atoms with Gasteiger partial charge in [0.25, 0.3) is 5.91 Å². The Labute approximate surface area is 192 Å². The third kappa shape index (κ3) is 3.63. The number of ketones is 1. The lowest BCUT2D eigenvalue weighted by atomic mass is 9.38. The standard InChI is InChI=1S/C25H26N6O2/c1-15(2)29-20-7-21(22-5-4-18-6-17(9-26)10-28-31(18)22)27-11-19(20)23(33)30-25-12-24(13-25,14-25)8-16(3)32/h4-7,10-11,15H,8,12-14H2,1-3H3,(H,27,29)(H,30,33). The quantitative estimate of drug-likeness (QED) is 0.577. The summed E-state index contributed by atoms with van der Waals surface area (Å²) in [5.41, 5.74) is 3.88. The third-order valence-corrected chi connectivity index (χ3v) is 6.63. The van der Waals surface area contributed by atoms with Crippen molar-refractivity contribution >= 4 is 22.9 Å². The van der Waals surface area contributed by atoms with Crippen LogP contribution in [0.25, 0.3) is 16.9 Å². The van der Waals surface area contributed by atoms with Crippen molar-refractivity contribution in [3.63, 3.8) is 0 Å². The van der Waals surface area contributed by atoms with Gasteiger partial charge in [0.1, 0.15) is 11.9 Å². The maximum Gasteiger partial charge on any atom is 0.255 e. The first kappa shape index (κ1) is 21.1. The van der Waals surface area contributed by atoms with Gasteiger partial charge in [0.2, 0.25) is 0 Å². The second-order valence-electron chi connectivity index (χ2n) is 9.97. The van der Waals surface area contributed by atoms with Crippen molar-refractivity contribution in [2.24, 2.45) is 5.41 Å². The van der Waals surface area contributed by atoms with E-state index in [2.05, 4.69) is 26.8 Å². The van der Waals surface area contributed by atoms with E-state index in [-0.39, 0.29) is 28.7 Å². The molecule has 1 amide bonds. The Morgan fingerprint density at radius 1 is 1.21 bits per heavy atom. The molecule has 3 heterocycles. The summed E-state index contributed by atoms with van der Waals surface area (Å²) in [6.07, 6.45) is 6.35. The van der Waals surface area contributed by atoms with Crippen molar-refractivity contribution in [3.05, 3.63) is 47.8 Å². The highest BCUT2D eigenvalue weighted by molar-refractivity contribution is 6.00. The molecule has 8 heteroatoms. The fourth-order valence-electron chi connectivity index (χ4n) is 5.62. The lowest BCUT2D eigenvalue weighted by Crippen LogP contribution is -2.74. The van der Waals surface area contributed by atoms with Gasteiger partial charge in [-0.1, -0.05) is 0 Å². The molecule has 3 aliphatic rings. The van der Waals surface area contributed by atoms with Crippen LogP contribution in [0.4, 0.5) is 5.69 Å². The topological polar surface area (TPSA) is 112 Å². The molecular formula is C25H26N6O2. The van der Waals surface area contributed by atoms with Gasteiger partial charge in [-0.25, -0.2) is 4.52 Å². The average Bonchev–Trinajstić information content (AvgIpc) is 3.13. The van der Waals surface area contributed by atoms with E-state index >= 15 is 0 Å². The number of nitrogens with one attached hydrogen (secondary N) is 2. The number of nitrogens with zero attached hydrogens (tertiary/aromatic N) is 4. The number of nitriles is 1. The minimum Gasteiger partial charge on any atom is -0.382 e. The first-order chi connectivity index (χ1) is 15.7. The molecule has 0 spiro atoms. The molecule has 0 radical (unpaired) electrons. The largest absolute Gasteiger partial charge is 0.382 e. The smallest absolute Gasteiger partial charge is 0.255 e. The van der Waals surface area contributed by atoms with Gasteiger partial charge in [-0.05, 0) is 69.7 Å². The van der Waals surface area contributed by atoms with Crippen LogP contribution in [0.1, 0.15) is 62.4 Å². The van der Waals surface area contributed by atoms with E-state index in [0.29, 0.717) is 28.9 Å². The summed E-state index contributed by atoms with van der Waals surface area (Å²) in [7, 11) is 0. The van der Waals surface area contributed by atoms with Crippen molar-refractivity contribution in [2.75, 3.05) is 5.32 Å². The van der Waals surface area contributed by atoms with Gasteiger partial charge in [0, 0.05) is 24.2 Å². The molecule has 0 unspecified atom stereocenters. The third-order valence-electron chi connectivity index (χ3n) is 6.63. The van der Waals surface area contributed by atoms with E-state index in [1.54, 1.807) is 23.7 Å². The number of anilines is 1. The Balaban J connectivity index is 1.41. The summed E-state index contributed by atoms with van der Waals surface area (Å²) >= 11 is 0. The zero-order chi connectivity index (χ0) is 23.4. The molecule has 8 nitrogen and oxygen atoms in total. The Hall–Kier alpha value is -3.73. The molecular weight excluding hydrogens is 416 g/mol. The molecule has 3 saturated carbocycles. The highest BCUT2D eigenvalue weighted by Gasteiger charge is 2.68. The average molecular weight is 443 g/mol. The molecule has 2 N–H and O–H groups in total. The molecule has 168 valence electrons. The van der Waals surface area contributed by atoms with Gasteiger partial charge < -0.3 is 15.4 Å². The molecule has 2 bridgehead atoms. The van der Waals surface area contributed by atoms with Crippen LogP contribution in [0.15, 0.2) is 36.7 Å². The predicted octanol–water partition coefficient (Wildman–Crippen LogP) is 3.72. The summed E-state index contributed by atoms with van der Waals surface area (Å²) in [4.78, 5) is 29.2. The lowest BCUT2D eigenvalue weighted by molar-refractivity contribution is -0.160. The zero-order valence-electron chi connectivity index (χ0n) is 19.0. The minimum atomic E-state index is -0.180. The normalized spacial score (nSPS) is 22.9. The number of hydrogen-bond donors (Lipinski definition) is 2. The van der Waals surface area contributed by atoms with Crippen LogP contribution >= 0.6 is 0 Å². The Bertz CT molecular complexity index is 1310. The Morgan fingerprint density at radius 3 is 2.64 bits per heavy atom. The first-order valence-electron chi connectivity index (χ1n) is 11.2. The number of rotatable bonds is 7. The van der Waals surface area contributed by atoms with Crippen LogP contribution in [0.3, 0.4) is 0 Å². The molecule has 3 aromatic heterocycles. The van der Waals surface area contributed by atoms with Gasteiger partial charge in [0.05, 0.1) is 39.9 Å². The van der Waals surface area contributed by atoms with E-state index in [0.717, 1.165) is 30.5 Å². The van der Waals surface area contributed by atoms with E-state index in [9.17, 15) is 9.59 Å². The molecule has 0 atom stereocenters. The number of hydrogen-bond acceptors (Lipinski definition) is 6. The Morgan fingerprint density at radius 2 is 1.97 bits per heavy atom. The number of aromatic nitrogens is 3. The predicted molar refractivity (Wildman–Crippen MR) is 124 cm³/mol. The number of fused-ring (bicyclic) bond motifs is 1. The van der Waals surface area contributed by atoms with Crippen molar-refractivity contribution in [1.82, 2.24) is 19.9 Å². The van der Waals surface area contributed by atoms with Crippen molar-refractivity contribution < 1.29 is 9.59 Å². The number of Topliss-reactive ketones (excluding diaryl/α,β-unsaturated/α-hetero) is 1. The number of carbonyl (C=O) groups is 2. The maximum absolute atomic E-state index is 13.2. The minimum absolute atomic E-state index is 0.106. The second kappa shape index (κ2) is 7.41. The molecule has 0 aromatic carbocycles. The van der Waals surface area contributed by atoms with Crippen LogP contribution in [0.2, 0.25) is 0 Å². The van der Waals surface area contributed by atoms with Gasteiger partial charge >= 0.3 is 0 Å². The second-order valence-corrected chi connectivity index (χ2v) is 9.97. The first-order valence-corrected chi connectivity index (χ1v) is 11.2. The molecule has 0 saturated heterocycles. The number of amides is 1. The zero-order valence-corrected chi connectivity index (χ0v) is 19.0. The van der Waals surface area contributed by atoms with E-state index in [4.69, 9.17) is 5.26 Å². The molecule has 6 rings (SSSR count). The van der Waals surface area contributed by atoms with Crippen LogP contribution in [-0.4, -0.2) is 37.9 Å². The Kier molecular flexibility index (Phi) is 4.74. The fraction of sp³-hybridized carbons (Fsp3) is 0.400. The highest BCUT2D eigenvalue weighted by atomic mass is 16.2. The summed E-state index contributed by atoms with van der Waals surface area (Å²) in [5, 5.41) is 20.1. The molecule has 3 aromatic rings. The van der Waals surface area contributed by atoms with Crippen LogP contribution < -0.4 is 10.6 Å². The molecule has 0 aliphatic heterocycles. The van der Waals surface area contributed by atoms with Gasteiger partial charge in [-0.15, -0.1) is 0 Å². The summed E-state index contributed by atoms with van der Waals surface area (Å²) < 4.78 is 1.73. The summed E-state index contributed by atoms with van der Waals surface area (Å²) in [5.74, 6) is 0.0687. The number of carbonyl (C=O) groups excluding carboxylic acids is 2. The van der Waals surface area contributed by atoms with Crippen LogP contribution in [0, 0.1) is 16.7 Å². The van der Waals surface area contributed by atoms with Crippen molar-refractivity contribution in [2.45, 2.75) is 58.0 Å². The lowest BCUT2D eigenvalue weighted by Gasteiger charge is -2.70. The summed E-state index contributed by atoms with van der Waals surface area (Å²) in [6.45, 7) is 5.67. The van der Waals surface area contributed by atoms with Crippen molar-refractivity contribution in [1.29, 1.82) is 5.26 Å². The SMILES string of the molecule is CC(=O)CC12CC(NC(=O)c3cnc(-c4ccc5cc(C#N)cnn45)cc3NC(C)C)(C1)C2.